The van der Waals surface area contributed by atoms with E-state index in [0.717, 1.165) is 10.4 Å². The van der Waals surface area contributed by atoms with Crippen LogP contribution in [-0.4, -0.2) is 16.6 Å². The summed E-state index contributed by atoms with van der Waals surface area (Å²) in [5.41, 5.74) is -0.0809. The van der Waals surface area contributed by atoms with Crippen molar-refractivity contribution in [1.29, 1.82) is 0 Å². The lowest BCUT2D eigenvalue weighted by atomic mass is 10.1. The lowest BCUT2D eigenvalue weighted by Gasteiger charge is -2.25. The lowest BCUT2D eigenvalue weighted by Crippen LogP contribution is -2.24. The minimum Gasteiger partial charge on any atom is -0.359 e. The van der Waals surface area contributed by atoms with Crippen LogP contribution in [0.3, 0.4) is 0 Å². The van der Waals surface area contributed by atoms with Gasteiger partial charge in [0.2, 0.25) is 5.95 Å². The highest BCUT2D eigenvalue weighted by Gasteiger charge is 2.19. The van der Waals surface area contributed by atoms with Gasteiger partial charge in [0.1, 0.15) is 0 Å². The molecule has 0 saturated carbocycles. The molecule has 0 aliphatic carbocycles. The fourth-order valence-corrected chi connectivity index (χ4v) is 2.07. The monoisotopic (exact) mass is 257 g/mol. The molecule has 1 aromatic rings. The van der Waals surface area contributed by atoms with Gasteiger partial charge in [-0.05, 0) is 31.3 Å². The third kappa shape index (κ3) is 2.38. The van der Waals surface area contributed by atoms with E-state index in [-0.39, 0.29) is 5.54 Å². The van der Waals surface area contributed by atoms with Crippen LogP contribution in [-0.2, 0) is 5.54 Å². The van der Waals surface area contributed by atoms with Crippen molar-refractivity contribution in [3.63, 3.8) is 0 Å². The molecule has 0 saturated heterocycles. The number of nitrogens with zero attached hydrogens (tertiary/aromatic N) is 2. The molecule has 0 radical (unpaired) electrons. The molecule has 0 aliphatic heterocycles. The molecule has 0 amide bonds. The smallest absolute Gasteiger partial charge is 0.203 e. The quantitative estimate of drug-likeness (QED) is 0.903. The molecular formula is C10H16BrN3. The van der Waals surface area contributed by atoms with Crippen LogP contribution in [0.5, 0.6) is 0 Å². The summed E-state index contributed by atoms with van der Waals surface area (Å²) in [7, 11) is 1.87. The van der Waals surface area contributed by atoms with Crippen LogP contribution >= 0.6 is 15.9 Å². The van der Waals surface area contributed by atoms with Crippen LogP contribution in [0.1, 0.15) is 20.8 Å². The van der Waals surface area contributed by atoms with Crippen LogP contribution < -0.4 is 5.32 Å². The summed E-state index contributed by atoms with van der Waals surface area (Å²) < 4.78 is 3.22. The third-order valence-corrected chi connectivity index (χ3v) is 2.27. The van der Waals surface area contributed by atoms with E-state index in [9.17, 15) is 0 Å². The molecule has 0 atom stereocenters. The molecule has 1 N–H and O–H groups in total. The van der Waals surface area contributed by atoms with E-state index in [1.165, 1.54) is 0 Å². The molecule has 0 spiro atoms. The maximum atomic E-state index is 4.22. The molecular weight excluding hydrogens is 242 g/mol. The molecule has 1 heterocycles. The molecule has 0 unspecified atom stereocenters. The Kier molecular flexibility index (Phi) is 3.37. The Hall–Kier alpha value is -0.770. The predicted octanol–water partition coefficient (Wildman–Crippen LogP) is 2.96. The van der Waals surface area contributed by atoms with Crippen LogP contribution in [0.2, 0.25) is 0 Å². The number of anilines is 1. The van der Waals surface area contributed by atoms with Crippen molar-refractivity contribution in [2.45, 2.75) is 26.3 Å². The van der Waals surface area contributed by atoms with E-state index in [1.807, 2.05) is 20.2 Å². The zero-order valence-electron chi connectivity index (χ0n) is 9.00. The second kappa shape index (κ2) is 4.17. The number of rotatable bonds is 3. The first-order chi connectivity index (χ1) is 6.47. The van der Waals surface area contributed by atoms with Crippen molar-refractivity contribution in [1.82, 2.24) is 9.55 Å². The van der Waals surface area contributed by atoms with Crippen molar-refractivity contribution in [3.05, 3.63) is 23.0 Å². The Morgan fingerprint density at radius 2 is 2.29 bits per heavy atom. The highest BCUT2D eigenvalue weighted by Crippen LogP contribution is 2.24. The minimum absolute atomic E-state index is 0.0809. The minimum atomic E-state index is -0.0809. The van der Waals surface area contributed by atoms with Gasteiger partial charge in [-0.3, -0.25) is 0 Å². The van der Waals surface area contributed by atoms with Crippen LogP contribution in [0.25, 0.3) is 0 Å². The Labute approximate surface area is 93.4 Å². The van der Waals surface area contributed by atoms with Gasteiger partial charge in [-0.1, -0.05) is 15.9 Å². The van der Waals surface area contributed by atoms with E-state index in [0.29, 0.717) is 0 Å². The first kappa shape index (κ1) is 11.3. The molecule has 0 bridgehead atoms. The summed E-state index contributed by atoms with van der Waals surface area (Å²) in [6.07, 6.45) is 5.92. The summed E-state index contributed by atoms with van der Waals surface area (Å²) in [4.78, 5) is 4.22. The van der Waals surface area contributed by atoms with Crippen LogP contribution in [0.4, 0.5) is 5.95 Å². The fourth-order valence-electron chi connectivity index (χ4n) is 1.51. The number of hydrogen-bond acceptors (Lipinski definition) is 2. The van der Waals surface area contributed by atoms with Crippen molar-refractivity contribution in [2.75, 3.05) is 12.4 Å². The normalized spacial score (nSPS) is 13.1. The number of imidazole rings is 1. The maximum absolute atomic E-state index is 4.22. The number of aromatic nitrogens is 2. The van der Waals surface area contributed by atoms with Gasteiger partial charge in [-0.2, -0.15) is 0 Å². The zero-order chi connectivity index (χ0) is 10.8. The molecule has 1 aromatic heterocycles. The topological polar surface area (TPSA) is 29.9 Å². The lowest BCUT2D eigenvalue weighted by molar-refractivity contribution is 0.459. The van der Waals surface area contributed by atoms with Crippen molar-refractivity contribution >= 4 is 21.9 Å². The standard InChI is InChI=1S/C10H16BrN3/c1-8(11)7-10(2,3)14-6-5-13-9(14)12-4/h5-7H,1-4H3,(H,12,13)/b8-7+. The van der Waals surface area contributed by atoms with Crippen molar-refractivity contribution in [2.24, 2.45) is 0 Å². The van der Waals surface area contributed by atoms with Gasteiger partial charge in [0.25, 0.3) is 0 Å². The van der Waals surface area contributed by atoms with E-state index >= 15 is 0 Å². The van der Waals surface area contributed by atoms with Gasteiger partial charge in [0, 0.05) is 19.4 Å². The van der Waals surface area contributed by atoms with E-state index < -0.39 is 0 Å². The summed E-state index contributed by atoms with van der Waals surface area (Å²) >= 11 is 3.45. The third-order valence-electron chi connectivity index (χ3n) is 2.04. The Balaban J connectivity index is 3.09. The van der Waals surface area contributed by atoms with Gasteiger partial charge in [0.15, 0.2) is 0 Å². The second-order valence-electron chi connectivity index (χ2n) is 3.76. The number of hydrogen-bond donors (Lipinski definition) is 1. The highest BCUT2D eigenvalue weighted by atomic mass is 79.9. The Morgan fingerprint density at radius 3 is 2.79 bits per heavy atom. The summed E-state index contributed by atoms with van der Waals surface area (Å²) in [5.74, 6) is 0.875. The van der Waals surface area contributed by atoms with Gasteiger partial charge in [-0.25, -0.2) is 4.98 Å². The van der Waals surface area contributed by atoms with Gasteiger partial charge >= 0.3 is 0 Å². The Bertz CT molecular complexity index is 335. The summed E-state index contributed by atoms with van der Waals surface area (Å²) in [6.45, 7) is 6.30. The van der Waals surface area contributed by atoms with Gasteiger partial charge in [-0.15, -0.1) is 0 Å². The fraction of sp³-hybridized carbons (Fsp3) is 0.500. The van der Waals surface area contributed by atoms with Crippen LogP contribution in [0, 0.1) is 0 Å². The van der Waals surface area contributed by atoms with E-state index in [2.05, 4.69) is 50.7 Å². The van der Waals surface area contributed by atoms with Crippen molar-refractivity contribution < 1.29 is 0 Å². The molecule has 0 aliphatic rings. The molecule has 14 heavy (non-hydrogen) atoms. The molecule has 0 aromatic carbocycles. The first-order valence-corrected chi connectivity index (χ1v) is 5.33. The maximum Gasteiger partial charge on any atom is 0.203 e. The second-order valence-corrected chi connectivity index (χ2v) is 5.01. The number of halogens is 1. The van der Waals surface area contributed by atoms with E-state index in [1.54, 1.807) is 6.20 Å². The SMILES string of the molecule is CNc1nccn1C(C)(C)/C=C(\C)Br. The highest BCUT2D eigenvalue weighted by molar-refractivity contribution is 9.11. The predicted molar refractivity (Wildman–Crippen MR) is 63.8 cm³/mol. The number of nitrogens with one attached hydrogen (secondary N) is 1. The molecule has 1 rings (SSSR count). The van der Waals surface area contributed by atoms with Crippen LogP contribution in [0.15, 0.2) is 23.0 Å². The molecule has 4 heteroatoms. The molecule has 0 fully saturated rings. The van der Waals surface area contributed by atoms with E-state index in [4.69, 9.17) is 0 Å². The van der Waals surface area contributed by atoms with Gasteiger partial charge < -0.3 is 9.88 Å². The summed E-state index contributed by atoms with van der Waals surface area (Å²) in [6, 6.07) is 0. The zero-order valence-corrected chi connectivity index (χ0v) is 10.6. The average Bonchev–Trinajstić information content (AvgIpc) is 2.48. The largest absolute Gasteiger partial charge is 0.359 e. The number of allylic oxidation sites excluding steroid dienone is 2. The van der Waals surface area contributed by atoms with Crippen molar-refractivity contribution in [3.8, 4) is 0 Å². The molecule has 3 nitrogen and oxygen atoms in total. The molecule has 78 valence electrons. The average molecular weight is 258 g/mol. The first-order valence-electron chi connectivity index (χ1n) is 4.54. The van der Waals surface area contributed by atoms with Gasteiger partial charge in [0.05, 0.1) is 5.54 Å². The summed E-state index contributed by atoms with van der Waals surface area (Å²) in [5, 5.41) is 3.06. The Morgan fingerprint density at radius 1 is 1.64 bits per heavy atom.